The maximum atomic E-state index is 10.7. The number of nitrogens with two attached hydrogens (primary N) is 1. The lowest BCUT2D eigenvalue weighted by molar-refractivity contribution is -0.136. The third-order valence-corrected chi connectivity index (χ3v) is 3.77. The Kier molecular flexibility index (Phi) is 4.38. The number of hydrogen-bond donors (Lipinski definition) is 2. The zero-order valence-electron chi connectivity index (χ0n) is 10.0. The third-order valence-electron chi connectivity index (χ3n) is 2.66. The fourth-order valence-electron chi connectivity index (χ4n) is 1.73. The van der Waals surface area contributed by atoms with Crippen LogP contribution in [0.4, 0.5) is 5.69 Å². The Morgan fingerprint density at radius 1 is 1.25 bits per heavy atom. The van der Waals surface area contributed by atoms with Crippen molar-refractivity contribution in [3.63, 3.8) is 0 Å². The van der Waals surface area contributed by atoms with E-state index >= 15 is 0 Å². The number of hydrogen-bond acceptors (Lipinski definition) is 3. The van der Waals surface area contributed by atoms with Gasteiger partial charge in [0.15, 0.2) is 0 Å². The second-order valence-electron chi connectivity index (χ2n) is 4.05. The largest absolute Gasteiger partial charge is 0.481 e. The summed E-state index contributed by atoms with van der Waals surface area (Å²) in [6.45, 7) is 0. The van der Waals surface area contributed by atoms with Gasteiger partial charge in [0.2, 0.25) is 0 Å². The zero-order chi connectivity index (χ0) is 14.9. The highest BCUT2D eigenvalue weighted by Gasteiger charge is 2.14. The number of nitrogens with zero attached hydrogens (tertiary/aromatic N) is 1. The molecule has 2 aromatic rings. The molecular formula is C13H9Cl3N2O2. The predicted molar refractivity (Wildman–Crippen MR) is 80.5 cm³/mol. The van der Waals surface area contributed by atoms with Crippen LogP contribution < -0.4 is 5.73 Å². The van der Waals surface area contributed by atoms with Crippen molar-refractivity contribution in [1.82, 2.24) is 4.98 Å². The molecule has 0 aliphatic heterocycles. The van der Waals surface area contributed by atoms with E-state index in [1.54, 1.807) is 18.2 Å². The summed E-state index contributed by atoms with van der Waals surface area (Å²) in [5, 5.41) is 9.81. The van der Waals surface area contributed by atoms with Crippen molar-refractivity contribution in [2.75, 3.05) is 5.73 Å². The van der Waals surface area contributed by atoms with Crippen molar-refractivity contribution < 1.29 is 9.90 Å². The van der Waals surface area contributed by atoms with Crippen LogP contribution in [0.2, 0.25) is 15.1 Å². The Balaban J connectivity index is 2.52. The number of benzene rings is 1. The monoisotopic (exact) mass is 330 g/mol. The predicted octanol–water partition coefficient (Wildman–Crippen LogP) is 3.92. The summed E-state index contributed by atoms with van der Waals surface area (Å²) in [7, 11) is 0. The number of halogens is 3. The number of carboxylic acids is 1. The Morgan fingerprint density at radius 2 is 1.90 bits per heavy atom. The molecule has 1 heterocycles. The summed E-state index contributed by atoms with van der Waals surface area (Å²) in [4.78, 5) is 14.7. The normalized spacial score (nSPS) is 10.6. The van der Waals surface area contributed by atoms with E-state index in [2.05, 4.69) is 4.98 Å². The Bertz CT molecular complexity index is 690. The quantitative estimate of drug-likeness (QED) is 0.836. The van der Waals surface area contributed by atoms with Gasteiger partial charge in [0.1, 0.15) is 0 Å². The molecule has 0 aliphatic rings. The van der Waals surface area contributed by atoms with E-state index in [-0.39, 0.29) is 17.8 Å². The molecule has 0 unspecified atom stereocenters. The molecule has 0 fully saturated rings. The van der Waals surface area contributed by atoms with E-state index in [1.165, 1.54) is 6.20 Å². The van der Waals surface area contributed by atoms with Gasteiger partial charge in [-0.05, 0) is 18.2 Å². The van der Waals surface area contributed by atoms with Gasteiger partial charge in [-0.1, -0.05) is 34.8 Å². The molecule has 104 valence electrons. The Morgan fingerprint density at radius 3 is 2.50 bits per heavy atom. The smallest absolute Gasteiger partial charge is 0.309 e. The highest BCUT2D eigenvalue weighted by atomic mass is 35.5. The molecule has 0 spiro atoms. The van der Waals surface area contributed by atoms with E-state index in [4.69, 9.17) is 45.6 Å². The van der Waals surface area contributed by atoms with Crippen molar-refractivity contribution in [2.45, 2.75) is 6.42 Å². The molecule has 0 bridgehead atoms. The number of pyridine rings is 1. The van der Waals surface area contributed by atoms with Gasteiger partial charge in [0, 0.05) is 17.3 Å². The van der Waals surface area contributed by atoms with Gasteiger partial charge >= 0.3 is 5.97 Å². The van der Waals surface area contributed by atoms with Crippen LogP contribution in [0.25, 0.3) is 11.1 Å². The fourth-order valence-corrected chi connectivity index (χ4v) is 2.48. The maximum Gasteiger partial charge on any atom is 0.309 e. The fraction of sp³-hybridized carbons (Fsp3) is 0.0769. The standard InChI is InChI=1S/C13H9Cl3N2O2/c14-7-1-2-8(15)13(16)12(7)6-3-9(17)10(18-5-6)4-11(19)20/h1-3,5H,4,17H2,(H,19,20). The van der Waals surface area contributed by atoms with Crippen LogP contribution in [0.3, 0.4) is 0 Å². The minimum Gasteiger partial charge on any atom is -0.481 e. The topological polar surface area (TPSA) is 76.2 Å². The van der Waals surface area contributed by atoms with Gasteiger partial charge < -0.3 is 10.8 Å². The van der Waals surface area contributed by atoms with Gasteiger partial charge in [-0.15, -0.1) is 0 Å². The van der Waals surface area contributed by atoms with Crippen LogP contribution in [-0.2, 0) is 11.2 Å². The van der Waals surface area contributed by atoms with Gasteiger partial charge in [-0.2, -0.15) is 0 Å². The van der Waals surface area contributed by atoms with E-state index in [9.17, 15) is 4.79 Å². The molecule has 20 heavy (non-hydrogen) atoms. The summed E-state index contributed by atoms with van der Waals surface area (Å²) in [6.07, 6.45) is 1.22. The van der Waals surface area contributed by atoms with Gasteiger partial charge in [-0.25, -0.2) is 0 Å². The van der Waals surface area contributed by atoms with Crippen LogP contribution >= 0.6 is 34.8 Å². The van der Waals surface area contributed by atoms with Crippen molar-refractivity contribution in [2.24, 2.45) is 0 Å². The van der Waals surface area contributed by atoms with Crippen LogP contribution in [-0.4, -0.2) is 16.1 Å². The molecule has 0 saturated heterocycles. The van der Waals surface area contributed by atoms with Crippen molar-refractivity contribution in [3.8, 4) is 11.1 Å². The number of carboxylic acid groups (broad SMARTS) is 1. The first-order valence-corrected chi connectivity index (χ1v) is 6.63. The lowest BCUT2D eigenvalue weighted by Gasteiger charge is -2.10. The molecular weight excluding hydrogens is 323 g/mol. The van der Waals surface area contributed by atoms with Crippen LogP contribution in [0.1, 0.15) is 5.69 Å². The molecule has 0 saturated carbocycles. The molecule has 7 heteroatoms. The lowest BCUT2D eigenvalue weighted by atomic mass is 10.1. The van der Waals surface area contributed by atoms with E-state index in [1.807, 2.05) is 0 Å². The lowest BCUT2D eigenvalue weighted by Crippen LogP contribution is -2.06. The minimum atomic E-state index is -1.00. The number of carbonyl (C=O) groups is 1. The average Bonchev–Trinajstić information content (AvgIpc) is 2.37. The average molecular weight is 332 g/mol. The summed E-state index contributed by atoms with van der Waals surface area (Å²) in [5.74, 6) is -1.00. The highest BCUT2D eigenvalue weighted by molar-refractivity contribution is 6.46. The van der Waals surface area contributed by atoms with Gasteiger partial charge in [0.05, 0.1) is 32.9 Å². The molecule has 0 atom stereocenters. The molecule has 4 nitrogen and oxygen atoms in total. The number of anilines is 1. The summed E-state index contributed by atoms with van der Waals surface area (Å²) < 4.78 is 0. The number of nitrogen functional groups attached to an aromatic ring is 1. The van der Waals surface area contributed by atoms with E-state index < -0.39 is 5.97 Å². The summed E-state index contributed by atoms with van der Waals surface area (Å²) in [5.41, 5.74) is 7.44. The van der Waals surface area contributed by atoms with Crippen LogP contribution in [0, 0.1) is 0 Å². The summed E-state index contributed by atoms with van der Waals surface area (Å²) >= 11 is 18.2. The second kappa shape index (κ2) is 5.87. The first-order chi connectivity index (χ1) is 9.40. The molecule has 3 N–H and O–H groups in total. The van der Waals surface area contributed by atoms with Crippen molar-refractivity contribution in [1.29, 1.82) is 0 Å². The minimum absolute atomic E-state index is 0.247. The molecule has 0 amide bonds. The van der Waals surface area contributed by atoms with E-state index in [0.717, 1.165) is 0 Å². The molecule has 1 aromatic carbocycles. The first-order valence-electron chi connectivity index (χ1n) is 5.50. The van der Waals surface area contributed by atoms with E-state index in [0.29, 0.717) is 26.2 Å². The zero-order valence-corrected chi connectivity index (χ0v) is 12.3. The summed E-state index contributed by atoms with van der Waals surface area (Å²) in [6, 6.07) is 4.78. The van der Waals surface area contributed by atoms with Crippen molar-refractivity contribution in [3.05, 3.63) is 45.2 Å². The van der Waals surface area contributed by atoms with Crippen LogP contribution in [0.15, 0.2) is 24.4 Å². The third kappa shape index (κ3) is 2.98. The Hall–Kier alpha value is -1.49. The molecule has 1 aromatic heterocycles. The molecule has 0 radical (unpaired) electrons. The Labute approximate surface area is 130 Å². The number of rotatable bonds is 3. The maximum absolute atomic E-state index is 10.7. The van der Waals surface area contributed by atoms with Gasteiger partial charge in [0.25, 0.3) is 0 Å². The first kappa shape index (κ1) is 14.9. The van der Waals surface area contributed by atoms with Crippen LogP contribution in [0.5, 0.6) is 0 Å². The van der Waals surface area contributed by atoms with Crippen molar-refractivity contribution >= 4 is 46.5 Å². The second-order valence-corrected chi connectivity index (χ2v) is 5.24. The number of aromatic nitrogens is 1. The van der Waals surface area contributed by atoms with Gasteiger partial charge in [-0.3, -0.25) is 9.78 Å². The highest BCUT2D eigenvalue weighted by Crippen LogP contribution is 2.39. The molecule has 0 aliphatic carbocycles. The molecule has 2 rings (SSSR count). The SMILES string of the molecule is Nc1cc(-c2c(Cl)ccc(Cl)c2Cl)cnc1CC(=O)O. The number of aliphatic carboxylic acids is 1.